The number of carboxylic acid groups (broad SMARTS) is 1. The van der Waals surface area contributed by atoms with E-state index in [0.717, 1.165) is 24.2 Å². The fourth-order valence-corrected chi connectivity index (χ4v) is 3.11. The number of benzene rings is 2. The van der Waals surface area contributed by atoms with Gasteiger partial charge in [-0.25, -0.2) is 9.78 Å². The lowest BCUT2D eigenvalue weighted by molar-refractivity contribution is 0.0691. The van der Waals surface area contributed by atoms with Crippen LogP contribution in [0.5, 0.6) is 5.75 Å². The van der Waals surface area contributed by atoms with Crippen LogP contribution in [-0.2, 0) is 6.42 Å². The van der Waals surface area contributed by atoms with E-state index in [1.807, 2.05) is 42.5 Å². The molecule has 0 aliphatic rings. The first-order valence-electron chi connectivity index (χ1n) is 7.68. The zero-order chi connectivity index (χ0) is 16.8. The summed E-state index contributed by atoms with van der Waals surface area (Å²) in [7, 11) is 0. The molecular formula is C19H17NO3S. The fraction of sp³-hybridized carbons (Fsp3) is 0.158. The van der Waals surface area contributed by atoms with E-state index in [9.17, 15) is 4.79 Å². The zero-order valence-electron chi connectivity index (χ0n) is 13.0. The highest BCUT2D eigenvalue weighted by Crippen LogP contribution is 2.25. The quantitative estimate of drug-likeness (QED) is 0.643. The molecule has 0 aliphatic heterocycles. The van der Waals surface area contributed by atoms with Gasteiger partial charge in [-0.05, 0) is 42.7 Å². The molecule has 0 radical (unpaired) electrons. The Balaban J connectivity index is 1.51. The van der Waals surface area contributed by atoms with Crippen LogP contribution in [0.3, 0.4) is 0 Å². The van der Waals surface area contributed by atoms with Gasteiger partial charge in [0.1, 0.15) is 10.8 Å². The number of nitrogens with zero attached hydrogens (tertiary/aromatic N) is 1. The van der Waals surface area contributed by atoms with Crippen LogP contribution in [0.15, 0.2) is 60.0 Å². The first-order valence-corrected chi connectivity index (χ1v) is 8.56. The van der Waals surface area contributed by atoms with Crippen LogP contribution in [0, 0.1) is 0 Å². The van der Waals surface area contributed by atoms with Gasteiger partial charge in [0.05, 0.1) is 6.61 Å². The highest BCUT2D eigenvalue weighted by molar-refractivity contribution is 7.13. The summed E-state index contributed by atoms with van der Waals surface area (Å²) in [5.74, 6) is -0.197. The van der Waals surface area contributed by atoms with E-state index in [1.165, 1.54) is 16.9 Å². The molecule has 0 atom stereocenters. The van der Waals surface area contributed by atoms with Crippen molar-refractivity contribution in [3.05, 3.63) is 71.2 Å². The van der Waals surface area contributed by atoms with Crippen LogP contribution in [-0.4, -0.2) is 22.7 Å². The van der Waals surface area contributed by atoms with E-state index in [2.05, 4.69) is 17.1 Å². The maximum absolute atomic E-state index is 10.9. The SMILES string of the molecule is O=C(O)c1csc(-c2ccc(OCCCc3ccccc3)cc2)n1. The van der Waals surface area contributed by atoms with E-state index in [-0.39, 0.29) is 5.69 Å². The predicted octanol–water partition coefficient (Wildman–Crippen LogP) is 4.52. The summed E-state index contributed by atoms with van der Waals surface area (Å²) < 4.78 is 5.75. The highest BCUT2D eigenvalue weighted by Gasteiger charge is 2.10. The van der Waals surface area contributed by atoms with Gasteiger partial charge in [0.15, 0.2) is 5.69 Å². The van der Waals surface area contributed by atoms with Crippen LogP contribution in [0.1, 0.15) is 22.5 Å². The van der Waals surface area contributed by atoms with Crippen LogP contribution < -0.4 is 4.74 Å². The molecule has 24 heavy (non-hydrogen) atoms. The van der Waals surface area contributed by atoms with Crippen molar-refractivity contribution in [2.24, 2.45) is 0 Å². The molecule has 0 aliphatic carbocycles. The summed E-state index contributed by atoms with van der Waals surface area (Å²) in [4.78, 5) is 15.0. The fourth-order valence-electron chi connectivity index (χ4n) is 2.31. The lowest BCUT2D eigenvalue weighted by Gasteiger charge is -2.07. The third kappa shape index (κ3) is 4.20. The summed E-state index contributed by atoms with van der Waals surface area (Å²) in [5, 5.41) is 11.2. The third-order valence-electron chi connectivity index (χ3n) is 3.55. The number of hydrogen-bond acceptors (Lipinski definition) is 4. The van der Waals surface area contributed by atoms with Crippen LogP contribution in [0.25, 0.3) is 10.6 Å². The summed E-state index contributed by atoms with van der Waals surface area (Å²) in [5.41, 5.74) is 2.29. The van der Waals surface area contributed by atoms with Gasteiger partial charge in [-0.3, -0.25) is 0 Å². The van der Waals surface area contributed by atoms with Gasteiger partial charge in [-0.2, -0.15) is 0 Å². The minimum atomic E-state index is -1.00. The second-order valence-corrected chi connectivity index (χ2v) is 6.16. The van der Waals surface area contributed by atoms with Gasteiger partial charge < -0.3 is 9.84 Å². The Hall–Kier alpha value is -2.66. The van der Waals surface area contributed by atoms with Crippen LogP contribution in [0.4, 0.5) is 0 Å². The highest BCUT2D eigenvalue weighted by atomic mass is 32.1. The van der Waals surface area contributed by atoms with Gasteiger partial charge in [0.2, 0.25) is 0 Å². The number of rotatable bonds is 7. The van der Waals surface area contributed by atoms with Crippen molar-refractivity contribution in [2.75, 3.05) is 6.61 Å². The molecule has 4 nitrogen and oxygen atoms in total. The molecule has 1 aromatic heterocycles. The second-order valence-electron chi connectivity index (χ2n) is 5.31. The minimum Gasteiger partial charge on any atom is -0.494 e. The average Bonchev–Trinajstić information content (AvgIpc) is 3.11. The van der Waals surface area contributed by atoms with E-state index in [0.29, 0.717) is 11.6 Å². The summed E-state index contributed by atoms with van der Waals surface area (Å²) in [6, 6.07) is 17.9. The molecule has 1 N–H and O–H groups in total. The number of carboxylic acids is 1. The molecule has 2 aromatic carbocycles. The number of ether oxygens (including phenoxy) is 1. The van der Waals surface area contributed by atoms with Crippen LogP contribution in [0.2, 0.25) is 0 Å². The van der Waals surface area contributed by atoms with Gasteiger partial charge in [0.25, 0.3) is 0 Å². The monoisotopic (exact) mass is 339 g/mol. The molecule has 3 rings (SSSR count). The van der Waals surface area contributed by atoms with Gasteiger partial charge in [-0.15, -0.1) is 11.3 Å². The smallest absolute Gasteiger partial charge is 0.355 e. The van der Waals surface area contributed by atoms with Crippen molar-refractivity contribution in [2.45, 2.75) is 12.8 Å². The maximum atomic E-state index is 10.9. The van der Waals surface area contributed by atoms with E-state index >= 15 is 0 Å². The molecule has 0 unspecified atom stereocenters. The molecule has 0 fully saturated rings. The molecule has 1 heterocycles. The number of thiazole rings is 1. The third-order valence-corrected chi connectivity index (χ3v) is 4.44. The average molecular weight is 339 g/mol. The maximum Gasteiger partial charge on any atom is 0.355 e. The molecular weight excluding hydrogens is 322 g/mol. The molecule has 3 aromatic rings. The van der Waals surface area contributed by atoms with Crippen molar-refractivity contribution in [1.29, 1.82) is 0 Å². The lowest BCUT2D eigenvalue weighted by atomic mass is 10.1. The van der Waals surface area contributed by atoms with E-state index in [4.69, 9.17) is 9.84 Å². The van der Waals surface area contributed by atoms with Crippen molar-refractivity contribution in [1.82, 2.24) is 4.98 Å². The zero-order valence-corrected chi connectivity index (χ0v) is 13.8. The Labute approximate surface area is 144 Å². The first kappa shape index (κ1) is 16.2. The van der Waals surface area contributed by atoms with Crippen molar-refractivity contribution in [3.8, 4) is 16.3 Å². The Morgan fingerprint density at radius 1 is 1.08 bits per heavy atom. The Morgan fingerprint density at radius 3 is 2.50 bits per heavy atom. The number of aryl methyl sites for hydroxylation is 1. The van der Waals surface area contributed by atoms with Gasteiger partial charge in [0, 0.05) is 10.9 Å². The van der Waals surface area contributed by atoms with Crippen molar-refractivity contribution < 1.29 is 14.6 Å². The minimum absolute atomic E-state index is 0.0799. The Bertz CT molecular complexity index is 797. The van der Waals surface area contributed by atoms with Gasteiger partial charge >= 0.3 is 5.97 Å². The van der Waals surface area contributed by atoms with E-state index < -0.39 is 5.97 Å². The molecule has 0 spiro atoms. The number of carbonyl (C=O) groups is 1. The molecule has 5 heteroatoms. The number of aromatic carboxylic acids is 1. The van der Waals surface area contributed by atoms with Crippen molar-refractivity contribution >= 4 is 17.3 Å². The standard InChI is InChI=1S/C19H17NO3S/c21-19(22)17-13-24-18(20-17)15-8-10-16(11-9-15)23-12-4-7-14-5-2-1-3-6-14/h1-3,5-6,8-11,13H,4,7,12H2,(H,21,22). The Morgan fingerprint density at radius 2 is 1.83 bits per heavy atom. The lowest BCUT2D eigenvalue weighted by Crippen LogP contribution is -1.99. The topological polar surface area (TPSA) is 59.4 Å². The predicted molar refractivity (Wildman–Crippen MR) is 94.8 cm³/mol. The molecule has 0 saturated carbocycles. The van der Waals surface area contributed by atoms with Crippen molar-refractivity contribution in [3.63, 3.8) is 0 Å². The second kappa shape index (κ2) is 7.75. The largest absolute Gasteiger partial charge is 0.494 e. The first-order chi connectivity index (χ1) is 11.7. The summed E-state index contributed by atoms with van der Waals surface area (Å²) >= 11 is 1.32. The normalized spacial score (nSPS) is 10.5. The van der Waals surface area contributed by atoms with E-state index in [1.54, 1.807) is 5.38 Å². The van der Waals surface area contributed by atoms with Gasteiger partial charge in [-0.1, -0.05) is 30.3 Å². The molecule has 0 saturated heterocycles. The molecule has 0 amide bonds. The summed E-state index contributed by atoms with van der Waals surface area (Å²) in [6.07, 6.45) is 1.95. The Kier molecular flexibility index (Phi) is 5.23. The molecule has 0 bridgehead atoms. The molecule has 122 valence electrons. The van der Waals surface area contributed by atoms with Crippen LogP contribution >= 0.6 is 11.3 Å². The number of hydrogen-bond donors (Lipinski definition) is 1. The number of aromatic nitrogens is 1. The summed E-state index contributed by atoms with van der Waals surface area (Å²) in [6.45, 7) is 0.661.